The number of halogens is 2. The summed E-state index contributed by atoms with van der Waals surface area (Å²) in [5.74, 6) is -1.80. The first-order chi connectivity index (χ1) is 12.9. The van der Waals surface area contributed by atoms with Gasteiger partial charge in [0.25, 0.3) is 0 Å². The highest BCUT2D eigenvalue weighted by Crippen LogP contribution is 2.41. The van der Waals surface area contributed by atoms with Gasteiger partial charge in [-0.3, -0.25) is 9.59 Å². The Bertz CT molecular complexity index is 1030. The van der Waals surface area contributed by atoms with Crippen LogP contribution in [0.5, 0.6) is 0 Å². The number of nitrogens with zero attached hydrogens (tertiary/aromatic N) is 2. The Morgan fingerprint density at radius 2 is 2.07 bits per heavy atom. The van der Waals surface area contributed by atoms with Gasteiger partial charge in [0.15, 0.2) is 0 Å². The van der Waals surface area contributed by atoms with Crippen LogP contribution in [0.3, 0.4) is 0 Å². The van der Waals surface area contributed by atoms with Crippen LogP contribution in [0.4, 0.5) is 10.1 Å². The Hall–Kier alpha value is -2.16. The van der Waals surface area contributed by atoms with E-state index in [1.165, 1.54) is 40.1 Å². The van der Waals surface area contributed by atoms with Crippen molar-refractivity contribution in [2.45, 2.75) is 23.1 Å². The molecule has 2 heterocycles. The average Bonchev–Trinajstić information content (AvgIpc) is 3.07. The standard InChI is InChI=1S/C18H12ClFN2O3S2/c19-9-5-6-10(20)16-17(9)27-14(21-16)8-22-11-3-1-2-4-12(11)26-13(18(22)25)7-15(23)24/h1-6,13H,7-8H2,(H,23,24). The molecule has 1 unspecified atom stereocenters. The number of hydrogen-bond donors (Lipinski definition) is 1. The van der Waals surface area contributed by atoms with Crippen molar-refractivity contribution in [2.75, 3.05) is 4.90 Å². The molecule has 0 bridgehead atoms. The van der Waals surface area contributed by atoms with E-state index < -0.39 is 17.0 Å². The van der Waals surface area contributed by atoms with E-state index >= 15 is 0 Å². The van der Waals surface area contributed by atoms with Crippen molar-refractivity contribution < 1.29 is 19.1 Å². The second kappa shape index (κ2) is 7.10. The van der Waals surface area contributed by atoms with Crippen molar-refractivity contribution >= 4 is 62.5 Å². The van der Waals surface area contributed by atoms with Crippen LogP contribution in [-0.2, 0) is 16.1 Å². The predicted octanol–water partition coefficient (Wildman–Crippen LogP) is 4.57. The first-order valence-corrected chi connectivity index (χ1v) is 10.0. The van der Waals surface area contributed by atoms with E-state index in [4.69, 9.17) is 16.7 Å². The lowest BCUT2D eigenvalue weighted by Crippen LogP contribution is -2.41. The molecule has 0 saturated heterocycles. The molecule has 1 N–H and O–H groups in total. The molecular formula is C18H12ClFN2O3S2. The van der Waals surface area contributed by atoms with Crippen molar-refractivity contribution in [1.82, 2.24) is 4.98 Å². The third kappa shape index (κ3) is 3.40. The number of anilines is 1. The molecule has 27 heavy (non-hydrogen) atoms. The highest BCUT2D eigenvalue weighted by Gasteiger charge is 2.35. The summed E-state index contributed by atoms with van der Waals surface area (Å²) in [6, 6.07) is 10.0. The van der Waals surface area contributed by atoms with Gasteiger partial charge in [-0.05, 0) is 24.3 Å². The molecule has 138 valence electrons. The first kappa shape index (κ1) is 18.2. The average molecular weight is 423 g/mol. The van der Waals surface area contributed by atoms with Gasteiger partial charge in [0.05, 0.1) is 33.6 Å². The zero-order valence-electron chi connectivity index (χ0n) is 13.7. The minimum absolute atomic E-state index is 0.127. The van der Waals surface area contributed by atoms with Crippen LogP contribution in [0.2, 0.25) is 5.02 Å². The van der Waals surface area contributed by atoms with Crippen LogP contribution >= 0.6 is 34.7 Å². The molecule has 0 saturated carbocycles. The van der Waals surface area contributed by atoms with Gasteiger partial charge in [-0.1, -0.05) is 23.7 Å². The maximum Gasteiger partial charge on any atom is 0.305 e. The maximum absolute atomic E-state index is 14.0. The van der Waals surface area contributed by atoms with E-state index in [1.54, 1.807) is 6.07 Å². The predicted molar refractivity (Wildman–Crippen MR) is 104 cm³/mol. The number of amides is 1. The fourth-order valence-corrected chi connectivity index (χ4v) is 5.38. The lowest BCUT2D eigenvalue weighted by molar-refractivity contribution is -0.138. The molecule has 9 heteroatoms. The number of hydrogen-bond acceptors (Lipinski definition) is 5. The molecule has 1 aromatic heterocycles. The Morgan fingerprint density at radius 1 is 1.30 bits per heavy atom. The first-order valence-electron chi connectivity index (χ1n) is 7.96. The largest absolute Gasteiger partial charge is 0.481 e. The number of carbonyl (C=O) groups is 2. The highest BCUT2D eigenvalue weighted by atomic mass is 35.5. The van der Waals surface area contributed by atoms with Crippen LogP contribution in [0.15, 0.2) is 41.3 Å². The highest BCUT2D eigenvalue weighted by molar-refractivity contribution is 8.01. The summed E-state index contributed by atoms with van der Waals surface area (Å²) in [6.07, 6.45) is -0.269. The zero-order valence-corrected chi connectivity index (χ0v) is 16.1. The molecule has 1 aliphatic heterocycles. The van der Waals surface area contributed by atoms with Gasteiger partial charge < -0.3 is 10.0 Å². The van der Waals surface area contributed by atoms with Gasteiger partial charge in [0.1, 0.15) is 16.3 Å². The van der Waals surface area contributed by atoms with Crippen LogP contribution < -0.4 is 4.90 Å². The summed E-state index contributed by atoms with van der Waals surface area (Å²) in [5, 5.41) is 9.33. The second-order valence-corrected chi connectivity index (χ2v) is 8.65. The molecule has 5 nitrogen and oxygen atoms in total. The molecule has 3 aromatic rings. The number of thioether (sulfide) groups is 1. The van der Waals surface area contributed by atoms with E-state index in [-0.39, 0.29) is 24.4 Å². The molecule has 0 fully saturated rings. The minimum Gasteiger partial charge on any atom is -0.481 e. The summed E-state index contributed by atoms with van der Waals surface area (Å²) >= 11 is 8.60. The summed E-state index contributed by atoms with van der Waals surface area (Å²) in [6.45, 7) is 0.127. The molecule has 4 rings (SSSR count). The number of benzene rings is 2. The maximum atomic E-state index is 14.0. The van der Waals surface area contributed by atoms with Gasteiger partial charge in [0.2, 0.25) is 5.91 Å². The molecular weight excluding hydrogens is 411 g/mol. The van der Waals surface area contributed by atoms with Gasteiger partial charge in [-0.15, -0.1) is 23.1 Å². The number of para-hydroxylation sites is 1. The zero-order chi connectivity index (χ0) is 19.1. The van der Waals surface area contributed by atoms with Crippen molar-refractivity contribution in [3.05, 3.63) is 52.2 Å². The number of rotatable bonds is 4. The van der Waals surface area contributed by atoms with Gasteiger partial charge in [-0.2, -0.15) is 0 Å². The van der Waals surface area contributed by atoms with E-state index in [0.29, 0.717) is 20.4 Å². The Labute approximate surface area is 166 Å². The summed E-state index contributed by atoms with van der Waals surface area (Å²) in [5.41, 5.74) is 0.872. The number of fused-ring (bicyclic) bond motifs is 2. The van der Waals surface area contributed by atoms with Crippen molar-refractivity contribution in [3.63, 3.8) is 0 Å². The molecule has 1 atom stereocenters. The quantitative estimate of drug-likeness (QED) is 0.666. The fraction of sp³-hybridized carbons (Fsp3) is 0.167. The minimum atomic E-state index is -1.03. The number of carbonyl (C=O) groups excluding carboxylic acids is 1. The van der Waals surface area contributed by atoms with Crippen molar-refractivity contribution in [2.24, 2.45) is 0 Å². The molecule has 0 spiro atoms. The lowest BCUT2D eigenvalue weighted by atomic mass is 10.2. The number of carboxylic acid groups (broad SMARTS) is 1. The monoisotopic (exact) mass is 422 g/mol. The van der Waals surface area contributed by atoms with Gasteiger partial charge in [0, 0.05) is 4.90 Å². The van der Waals surface area contributed by atoms with E-state index in [0.717, 1.165) is 4.90 Å². The van der Waals surface area contributed by atoms with Crippen LogP contribution in [0, 0.1) is 5.82 Å². The third-order valence-electron chi connectivity index (χ3n) is 4.11. The van der Waals surface area contributed by atoms with Crippen molar-refractivity contribution in [3.8, 4) is 0 Å². The summed E-state index contributed by atoms with van der Waals surface area (Å²) < 4.78 is 14.5. The van der Waals surface area contributed by atoms with E-state index in [1.807, 2.05) is 18.2 Å². The molecule has 0 aliphatic carbocycles. The molecule has 2 aromatic carbocycles. The SMILES string of the molecule is O=C(O)CC1Sc2ccccc2N(Cc2nc3c(F)ccc(Cl)c3s2)C1=O. The van der Waals surface area contributed by atoms with Crippen LogP contribution in [0.1, 0.15) is 11.4 Å². The fourth-order valence-electron chi connectivity index (χ4n) is 2.92. The smallest absolute Gasteiger partial charge is 0.305 e. The van der Waals surface area contributed by atoms with Crippen LogP contribution in [0.25, 0.3) is 10.2 Å². The molecule has 0 radical (unpaired) electrons. The number of carboxylic acids is 1. The number of aromatic nitrogens is 1. The molecule has 1 amide bonds. The summed E-state index contributed by atoms with van der Waals surface area (Å²) in [7, 11) is 0. The van der Waals surface area contributed by atoms with Crippen molar-refractivity contribution in [1.29, 1.82) is 0 Å². The van der Waals surface area contributed by atoms with Gasteiger partial charge >= 0.3 is 5.97 Å². The Morgan fingerprint density at radius 3 is 2.81 bits per heavy atom. The van der Waals surface area contributed by atoms with E-state index in [2.05, 4.69) is 4.98 Å². The summed E-state index contributed by atoms with van der Waals surface area (Å²) in [4.78, 5) is 30.7. The number of aliphatic carboxylic acids is 1. The van der Waals surface area contributed by atoms with Crippen LogP contribution in [-0.4, -0.2) is 27.2 Å². The van der Waals surface area contributed by atoms with Gasteiger partial charge in [-0.25, -0.2) is 9.37 Å². The molecule has 1 aliphatic rings. The third-order valence-corrected chi connectivity index (χ3v) is 6.86. The Balaban J connectivity index is 1.73. The van der Waals surface area contributed by atoms with E-state index in [9.17, 15) is 14.0 Å². The topological polar surface area (TPSA) is 70.5 Å². The second-order valence-electron chi connectivity index (χ2n) is 5.91. The normalized spacial score (nSPS) is 16.6. The number of thiazole rings is 1. The lowest BCUT2D eigenvalue weighted by Gasteiger charge is -2.32. The Kier molecular flexibility index (Phi) is 4.79.